The molecule has 1 atom stereocenters. The fourth-order valence-corrected chi connectivity index (χ4v) is 2.97. The highest BCUT2D eigenvalue weighted by Gasteiger charge is 2.47. The minimum Gasteiger partial charge on any atom is -0.346 e. The third-order valence-electron chi connectivity index (χ3n) is 4.02. The lowest BCUT2D eigenvalue weighted by atomic mass is 9.74. The molecule has 1 aliphatic rings. The molecule has 110 valence electrons. The Balaban J connectivity index is 2.16. The van der Waals surface area contributed by atoms with Gasteiger partial charge in [0.1, 0.15) is 10.6 Å². The number of hydrogen-bond donors (Lipinski definition) is 1. The van der Waals surface area contributed by atoms with Gasteiger partial charge in [0.05, 0.1) is 17.8 Å². The third-order valence-corrected chi connectivity index (χ3v) is 4.23. The first-order valence-corrected chi connectivity index (χ1v) is 7.18. The molecule has 1 amide bonds. The van der Waals surface area contributed by atoms with E-state index in [1.165, 1.54) is 0 Å². The summed E-state index contributed by atoms with van der Waals surface area (Å²) in [5, 5.41) is 7.66. The van der Waals surface area contributed by atoms with Gasteiger partial charge in [0, 0.05) is 12.4 Å². The van der Waals surface area contributed by atoms with Gasteiger partial charge in [-0.05, 0) is 38.5 Å². The number of carbonyl (C=O) groups is 1. The van der Waals surface area contributed by atoms with Gasteiger partial charge in [-0.1, -0.05) is 17.7 Å². The Bertz CT molecular complexity index is 696. The Morgan fingerprint density at radius 2 is 2.10 bits per heavy atom. The van der Waals surface area contributed by atoms with Crippen LogP contribution in [0, 0.1) is 0 Å². The predicted molar refractivity (Wildman–Crippen MR) is 80.0 cm³/mol. The molecule has 6 heteroatoms. The number of halogens is 1. The number of amides is 1. The predicted octanol–water partition coefficient (Wildman–Crippen LogP) is 2.25. The van der Waals surface area contributed by atoms with Crippen molar-refractivity contribution in [1.82, 2.24) is 20.1 Å². The summed E-state index contributed by atoms with van der Waals surface area (Å²) in [5.41, 5.74) is 0.440. The summed E-state index contributed by atoms with van der Waals surface area (Å²) in [4.78, 5) is 17.2. The van der Waals surface area contributed by atoms with Crippen molar-refractivity contribution in [2.75, 3.05) is 0 Å². The maximum atomic E-state index is 12.7. The van der Waals surface area contributed by atoms with Gasteiger partial charge in [0.15, 0.2) is 0 Å². The van der Waals surface area contributed by atoms with Crippen molar-refractivity contribution in [3.05, 3.63) is 47.0 Å². The summed E-state index contributed by atoms with van der Waals surface area (Å²) in [6, 6.07) is 5.53. The minimum atomic E-state index is -0.804. The Kier molecular flexibility index (Phi) is 3.06. The molecule has 0 radical (unpaired) electrons. The molecule has 1 N–H and O–H groups in total. The first-order valence-electron chi connectivity index (χ1n) is 6.80. The van der Waals surface area contributed by atoms with Crippen LogP contribution in [0.15, 0.2) is 30.6 Å². The lowest BCUT2D eigenvalue weighted by molar-refractivity contribution is -0.130. The Hall–Kier alpha value is -1.88. The Morgan fingerprint density at radius 3 is 2.76 bits per heavy atom. The number of nitrogens with zero attached hydrogens (tertiary/aromatic N) is 3. The largest absolute Gasteiger partial charge is 0.346 e. The van der Waals surface area contributed by atoms with Crippen LogP contribution < -0.4 is 5.32 Å². The van der Waals surface area contributed by atoms with E-state index in [9.17, 15) is 4.79 Å². The molecule has 0 bridgehead atoms. The zero-order valence-corrected chi connectivity index (χ0v) is 13.0. The summed E-state index contributed by atoms with van der Waals surface area (Å²) in [6.07, 6.45) is 3.53. The van der Waals surface area contributed by atoms with Gasteiger partial charge < -0.3 is 5.32 Å². The molecular weight excluding hydrogens is 288 g/mol. The normalized spacial score (nSPS) is 23.5. The second-order valence-electron chi connectivity index (χ2n) is 6.15. The standard InChI is InChI=1S/C15H17ClN4O/c1-14(2)10-5-6-11(16)18-12(10)15(3,13(21)19-14)9-20-8-4-7-17-20/h4-8H,9H2,1-3H3,(H,19,21). The lowest BCUT2D eigenvalue weighted by Crippen LogP contribution is -2.57. The summed E-state index contributed by atoms with van der Waals surface area (Å²) < 4.78 is 1.74. The molecular formula is C15H17ClN4O. The molecule has 3 heterocycles. The maximum Gasteiger partial charge on any atom is 0.234 e. The van der Waals surface area contributed by atoms with E-state index in [2.05, 4.69) is 15.4 Å². The summed E-state index contributed by atoms with van der Waals surface area (Å²) in [5.74, 6) is -0.0646. The highest BCUT2D eigenvalue weighted by Crippen LogP contribution is 2.38. The van der Waals surface area contributed by atoms with Gasteiger partial charge in [-0.25, -0.2) is 4.98 Å². The highest BCUT2D eigenvalue weighted by molar-refractivity contribution is 6.29. The average molecular weight is 305 g/mol. The zero-order valence-electron chi connectivity index (χ0n) is 12.2. The van der Waals surface area contributed by atoms with Crippen molar-refractivity contribution in [1.29, 1.82) is 0 Å². The molecule has 0 aromatic carbocycles. The second kappa shape index (κ2) is 4.56. The van der Waals surface area contributed by atoms with Gasteiger partial charge in [0.2, 0.25) is 5.91 Å². The first-order chi connectivity index (χ1) is 9.83. The first kappa shape index (κ1) is 14.1. The van der Waals surface area contributed by atoms with Gasteiger partial charge >= 0.3 is 0 Å². The van der Waals surface area contributed by atoms with Crippen LogP contribution in [0.25, 0.3) is 0 Å². The monoisotopic (exact) mass is 304 g/mol. The molecule has 2 aromatic rings. The van der Waals surface area contributed by atoms with E-state index in [4.69, 9.17) is 11.6 Å². The van der Waals surface area contributed by atoms with Crippen molar-refractivity contribution < 1.29 is 4.79 Å². The van der Waals surface area contributed by atoms with Crippen molar-refractivity contribution in [3.8, 4) is 0 Å². The molecule has 0 aliphatic carbocycles. The topological polar surface area (TPSA) is 59.8 Å². The molecule has 3 rings (SSSR count). The molecule has 1 aliphatic heterocycles. The van der Waals surface area contributed by atoms with E-state index in [-0.39, 0.29) is 5.91 Å². The van der Waals surface area contributed by atoms with Crippen molar-refractivity contribution in [3.63, 3.8) is 0 Å². The van der Waals surface area contributed by atoms with Crippen LogP contribution in [0.3, 0.4) is 0 Å². The van der Waals surface area contributed by atoms with E-state index in [1.807, 2.05) is 39.1 Å². The zero-order chi connectivity index (χ0) is 15.3. The molecule has 21 heavy (non-hydrogen) atoms. The van der Waals surface area contributed by atoms with Gasteiger partial charge in [0.25, 0.3) is 0 Å². The number of rotatable bonds is 2. The quantitative estimate of drug-likeness (QED) is 0.866. The number of pyridine rings is 1. The van der Waals surface area contributed by atoms with Crippen molar-refractivity contribution in [2.45, 2.75) is 38.3 Å². The Morgan fingerprint density at radius 1 is 1.33 bits per heavy atom. The molecule has 0 fully saturated rings. The van der Waals surface area contributed by atoms with E-state index < -0.39 is 11.0 Å². The smallest absolute Gasteiger partial charge is 0.234 e. The van der Waals surface area contributed by atoms with Crippen LogP contribution >= 0.6 is 11.6 Å². The Labute approximate surface area is 128 Å². The van der Waals surface area contributed by atoms with Gasteiger partial charge in [-0.3, -0.25) is 9.48 Å². The van der Waals surface area contributed by atoms with E-state index in [0.29, 0.717) is 11.7 Å². The van der Waals surface area contributed by atoms with Gasteiger partial charge in [-0.15, -0.1) is 0 Å². The summed E-state index contributed by atoms with van der Waals surface area (Å²) in [7, 11) is 0. The molecule has 5 nitrogen and oxygen atoms in total. The van der Waals surface area contributed by atoms with E-state index in [1.54, 1.807) is 16.9 Å². The molecule has 0 spiro atoms. The fraction of sp³-hybridized carbons (Fsp3) is 0.400. The maximum absolute atomic E-state index is 12.7. The number of aromatic nitrogens is 3. The molecule has 1 unspecified atom stereocenters. The SMILES string of the molecule is CC1(C)NC(=O)C(C)(Cn2cccn2)c2nc(Cl)ccc21. The van der Waals surface area contributed by atoms with Crippen molar-refractivity contribution in [2.24, 2.45) is 0 Å². The minimum absolute atomic E-state index is 0.0646. The van der Waals surface area contributed by atoms with Crippen LogP contribution in [-0.4, -0.2) is 20.7 Å². The van der Waals surface area contributed by atoms with Crippen LogP contribution in [0.2, 0.25) is 5.15 Å². The fourth-order valence-electron chi connectivity index (χ4n) is 2.82. The number of carbonyl (C=O) groups excluding carboxylic acids is 1. The summed E-state index contributed by atoms with van der Waals surface area (Å²) >= 11 is 6.06. The van der Waals surface area contributed by atoms with E-state index in [0.717, 1.165) is 11.3 Å². The van der Waals surface area contributed by atoms with Gasteiger partial charge in [-0.2, -0.15) is 5.10 Å². The van der Waals surface area contributed by atoms with Crippen LogP contribution in [0.1, 0.15) is 32.0 Å². The number of nitrogens with one attached hydrogen (secondary N) is 1. The van der Waals surface area contributed by atoms with Crippen LogP contribution in [0.5, 0.6) is 0 Å². The number of fused-ring (bicyclic) bond motifs is 1. The van der Waals surface area contributed by atoms with Crippen LogP contribution in [-0.2, 0) is 22.3 Å². The molecule has 0 saturated carbocycles. The highest BCUT2D eigenvalue weighted by atomic mass is 35.5. The lowest BCUT2D eigenvalue weighted by Gasteiger charge is -2.42. The van der Waals surface area contributed by atoms with E-state index >= 15 is 0 Å². The van der Waals surface area contributed by atoms with Crippen LogP contribution in [0.4, 0.5) is 0 Å². The molecule has 2 aromatic heterocycles. The molecule has 0 saturated heterocycles. The summed E-state index contributed by atoms with van der Waals surface area (Å²) in [6.45, 7) is 6.23. The second-order valence-corrected chi connectivity index (χ2v) is 6.53. The average Bonchev–Trinajstić information content (AvgIpc) is 2.89. The third kappa shape index (κ3) is 2.21. The van der Waals surface area contributed by atoms with Crippen molar-refractivity contribution >= 4 is 17.5 Å². The number of hydrogen-bond acceptors (Lipinski definition) is 3.